The van der Waals surface area contributed by atoms with E-state index in [2.05, 4.69) is 0 Å². The zero-order chi connectivity index (χ0) is 10.0. The number of Topliss-reactive ketones (excluding diaryl/α,β-unsaturated/α-hetero) is 1. The molecule has 0 bridgehead atoms. The second-order valence-electron chi connectivity index (χ2n) is 3.85. The van der Waals surface area contributed by atoms with Crippen LogP contribution in [0.15, 0.2) is 30.3 Å². The molecule has 0 aliphatic heterocycles. The lowest BCUT2D eigenvalue weighted by atomic mass is 10.0. The lowest BCUT2D eigenvalue weighted by Gasteiger charge is -2.11. The van der Waals surface area contributed by atoms with Crippen molar-refractivity contribution < 1.29 is 9.53 Å². The van der Waals surface area contributed by atoms with Gasteiger partial charge in [0.2, 0.25) is 0 Å². The first-order valence-corrected chi connectivity index (χ1v) is 4.89. The summed E-state index contributed by atoms with van der Waals surface area (Å²) in [5, 5.41) is 0. The third kappa shape index (κ3) is 1.85. The maximum absolute atomic E-state index is 11.8. The molecule has 0 amide bonds. The number of hydrogen-bond acceptors (Lipinski definition) is 2. The van der Waals surface area contributed by atoms with Crippen LogP contribution in [0.5, 0.6) is 0 Å². The second-order valence-corrected chi connectivity index (χ2v) is 3.85. The van der Waals surface area contributed by atoms with Gasteiger partial charge in [0.15, 0.2) is 5.78 Å². The van der Waals surface area contributed by atoms with Gasteiger partial charge in [-0.2, -0.15) is 0 Å². The summed E-state index contributed by atoms with van der Waals surface area (Å²) in [6, 6.07) is 9.40. The Kier molecular flexibility index (Phi) is 2.38. The van der Waals surface area contributed by atoms with Crippen LogP contribution in [0.4, 0.5) is 0 Å². The van der Waals surface area contributed by atoms with Gasteiger partial charge in [-0.25, -0.2) is 0 Å². The first-order chi connectivity index (χ1) is 6.76. The van der Waals surface area contributed by atoms with Crippen molar-refractivity contribution >= 4 is 5.78 Å². The van der Waals surface area contributed by atoms with Gasteiger partial charge < -0.3 is 4.74 Å². The average Bonchev–Trinajstić information content (AvgIpc) is 3.00. The molecule has 1 fully saturated rings. The van der Waals surface area contributed by atoms with E-state index in [1.165, 1.54) is 0 Å². The van der Waals surface area contributed by atoms with E-state index < -0.39 is 0 Å². The number of hydrogen-bond donors (Lipinski definition) is 0. The predicted molar refractivity (Wildman–Crippen MR) is 54.4 cm³/mol. The number of carbonyl (C=O) groups is 1. The smallest absolute Gasteiger partial charge is 0.165 e. The normalized spacial score (nSPS) is 17.8. The van der Waals surface area contributed by atoms with E-state index in [1.54, 1.807) is 7.11 Å². The van der Waals surface area contributed by atoms with Gasteiger partial charge in [0, 0.05) is 19.1 Å². The number of methoxy groups -OCH3 is 1. The molecule has 1 saturated carbocycles. The maximum atomic E-state index is 11.8. The molecule has 0 spiro atoms. The maximum Gasteiger partial charge on any atom is 0.165 e. The molecule has 2 nitrogen and oxygen atoms in total. The van der Waals surface area contributed by atoms with Gasteiger partial charge in [-0.3, -0.25) is 4.79 Å². The third-order valence-electron chi connectivity index (χ3n) is 2.82. The molecular formula is C12H14O2. The van der Waals surface area contributed by atoms with Crippen LogP contribution in [0.3, 0.4) is 0 Å². The van der Waals surface area contributed by atoms with Crippen molar-refractivity contribution in [1.29, 1.82) is 0 Å². The van der Waals surface area contributed by atoms with Gasteiger partial charge in [0.05, 0.1) is 5.60 Å². The highest BCUT2D eigenvalue weighted by atomic mass is 16.5. The van der Waals surface area contributed by atoms with E-state index in [0.717, 1.165) is 18.4 Å². The second kappa shape index (κ2) is 3.54. The molecule has 0 unspecified atom stereocenters. The van der Waals surface area contributed by atoms with E-state index in [0.29, 0.717) is 6.42 Å². The van der Waals surface area contributed by atoms with Crippen molar-refractivity contribution in [3.63, 3.8) is 0 Å². The highest BCUT2D eigenvalue weighted by Crippen LogP contribution is 2.42. The number of ketones is 1. The van der Waals surface area contributed by atoms with Crippen molar-refractivity contribution in [2.24, 2.45) is 0 Å². The molecule has 0 heterocycles. The van der Waals surface area contributed by atoms with Gasteiger partial charge in [-0.1, -0.05) is 30.3 Å². The molecule has 2 rings (SSSR count). The summed E-state index contributed by atoms with van der Waals surface area (Å²) in [4.78, 5) is 11.8. The minimum Gasteiger partial charge on any atom is -0.378 e. The Balaban J connectivity index is 2.03. The molecular weight excluding hydrogens is 176 g/mol. The van der Waals surface area contributed by atoms with E-state index in [1.807, 2.05) is 30.3 Å². The Labute approximate surface area is 83.9 Å². The topological polar surface area (TPSA) is 26.3 Å². The fourth-order valence-corrected chi connectivity index (χ4v) is 1.61. The van der Waals surface area contributed by atoms with Gasteiger partial charge >= 0.3 is 0 Å². The number of rotatable bonds is 4. The van der Waals surface area contributed by atoms with Crippen LogP contribution < -0.4 is 0 Å². The Morgan fingerprint density at radius 2 is 2.00 bits per heavy atom. The Hall–Kier alpha value is -1.15. The van der Waals surface area contributed by atoms with E-state index in [9.17, 15) is 4.79 Å². The summed E-state index contributed by atoms with van der Waals surface area (Å²) < 4.78 is 5.32. The van der Waals surface area contributed by atoms with E-state index >= 15 is 0 Å². The Bertz CT molecular complexity index is 325. The number of benzene rings is 1. The van der Waals surface area contributed by atoms with Crippen molar-refractivity contribution in [1.82, 2.24) is 0 Å². The highest BCUT2D eigenvalue weighted by molar-refractivity contribution is 5.96. The lowest BCUT2D eigenvalue weighted by Crippen LogP contribution is -2.17. The van der Waals surface area contributed by atoms with Gasteiger partial charge in [0.25, 0.3) is 0 Å². The zero-order valence-electron chi connectivity index (χ0n) is 8.32. The summed E-state index contributed by atoms with van der Waals surface area (Å²) in [5.41, 5.74) is 0.656. The average molecular weight is 190 g/mol. The van der Waals surface area contributed by atoms with Crippen molar-refractivity contribution in [3.8, 4) is 0 Å². The van der Waals surface area contributed by atoms with E-state index in [-0.39, 0.29) is 11.4 Å². The molecule has 74 valence electrons. The van der Waals surface area contributed by atoms with Crippen LogP contribution in [0.25, 0.3) is 0 Å². The molecule has 1 aromatic carbocycles. The lowest BCUT2D eigenvalue weighted by molar-refractivity contribution is 0.0611. The summed E-state index contributed by atoms with van der Waals surface area (Å²) >= 11 is 0. The quantitative estimate of drug-likeness (QED) is 0.681. The van der Waals surface area contributed by atoms with Crippen LogP contribution >= 0.6 is 0 Å². The van der Waals surface area contributed by atoms with Crippen LogP contribution in [0, 0.1) is 0 Å². The van der Waals surface area contributed by atoms with Gasteiger partial charge in [0.1, 0.15) is 0 Å². The van der Waals surface area contributed by atoms with Crippen LogP contribution in [0.2, 0.25) is 0 Å². The zero-order valence-corrected chi connectivity index (χ0v) is 8.32. The summed E-state index contributed by atoms with van der Waals surface area (Å²) in [6.07, 6.45) is 2.55. The van der Waals surface area contributed by atoms with E-state index in [4.69, 9.17) is 4.74 Å². The van der Waals surface area contributed by atoms with Gasteiger partial charge in [-0.15, -0.1) is 0 Å². The molecule has 0 N–H and O–H groups in total. The van der Waals surface area contributed by atoms with Crippen LogP contribution in [-0.4, -0.2) is 18.5 Å². The van der Waals surface area contributed by atoms with Gasteiger partial charge in [-0.05, 0) is 12.8 Å². The SMILES string of the molecule is COC1(CC(=O)c2ccccc2)CC1. The largest absolute Gasteiger partial charge is 0.378 e. The monoisotopic (exact) mass is 190 g/mol. The molecule has 14 heavy (non-hydrogen) atoms. The molecule has 0 radical (unpaired) electrons. The van der Waals surface area contributed by atoms with Crippen molar-refractivity contribution in [3.05, 3.63) is 35.9 Å². The molecule has 1 aliphatic carbocycles. The fraction of sp³-hybridized carbons (Fsp3) is 0.417. The molecule has 0 aromatic heterocycles. The molecule has 1 aromatic rings. The van der Waals surface area contributed by atoms with Crippen molar-refractivity contribution in [2.45, 2.75) is 24.9 Å². The molecule has 0 atom stereocenters. The summed E-state index contributed by atoms with van der Waals surface area (Å²) in [7, 11) is 1.69. The summed E-state index contributed by atoms with van der Waals surface area (Å²) in [6.45, 7) is 0. The molecule has 1 aliphatic rings. The summed E-state index contributed by atoms with van der Waals surface area (Å²) in [5.74, 6) is 0.185. The third-order valence-corrected chi connectivity index (χ3v) is 2.82. The highest BCUT2D eigenvalue weighted by Gasteiger charge is 2.44. The fourth-order valence-electron chi connectivity index (χ4n) is 1.61. The first kappa shape index (κ1) is 9.41. The van der Waals surface area contributed by atoms with Crippen LogP contribution in [-0.2, 0) is 4.74 Å². The Morgan fingerprint density at radius 1 is 1.36 bits per heavy atom. The molecule has 2 heteroatoms. The number of carbonyl (C=O) groups excluding carboxylic acids is 1. The van der Waals surface area contributed by atoms with Crippen LogP contribution in [0.1, 0.15) is 29.6 Å². The first-order valence-electron chi connectivity index (χ1n) is 4.89. The number of ether oxygens (including phenoxy) is 1. The Morgan fingerprint density at radius 3 is 2.50 bits per heavy atom. The minimum absolute atomic E-state index is 0.132. The molecule has 0 saturated heterocycles. The predicted octanol–water partition coefficient (Wildman–Crippen LogP) is 2.44. The minimum atomic E-state index is -0.132. The van der Waals surface area contributed by atoms with Crippen molar-refractivity contribution in [2.75, 3.05) is 7.11 Å². The standard InChI is InChI=1S/C12H14O2/c1-14-12(7-8-12)9-11(13)10-5-3-2-4-6-10/h2-6H,7-9H2,1H3.